The number of hydrogen-bond acceptors (Lipinski definition) is 5. The van der Waals surface area contributed by atoms with E-state index in [-0.39, 0.29) is 5.39 Å². The molecule has 32 heavy (non-hydrogen) atoms. The summed E-state index contributed by atoms with van der Waals surface area (Å²) in [5.41, 5.74) is -3.62. The summed E-state index contributed by atoms with van der Waals surface area (Å²) >= 11 is 0. The van der Waals surface area contributed by atoms with Crippen LogP contribution in [-0.4, -0.2) is 50.2 Å². The van der Waals surface area contributed by atoms with E-state index in [0.717, 1.165) is 6.07 Å². The number of anilines is 1. The predicted octanol–water partition coefficient (Wildman–Crippen LogP) is 3.19. The van der Waals surface area contributed by atoms with Gasteiger partial charge in [0.25, 0.3) is 5.91 Å². The van der Waals surface area contributed by atoms with Crippen molar-refractivity contribution < 1.29 is 44.4 Å². The molecular formula is C22H15NO9. The van der Waals surface area contributed by atoms with Crippen LogP contribution in [0.3, 0.4) is 0 Å². The molecule has 1 amide bonds. The highest BCUT2D eigenvalue weighted by Crippen LogP contribution is 2.34. The van der Waals surface area contributed by atoms with Crippen LogP contribution in [0.15, 0.2) is 42.5 Å². The maximum absolute atomic E-state index is 13.2. The van der Waals surface area contributed by atoms with E-state index >= 15 is 0 Å². The van der Waals surface area contributed by atoms with Gasteiger partial charge in [-0.15, -0.1) is 0 Å². The number of benzene rings is 3. The van der Waals surface area contributed by atoms with Crippen molar-refractivity contribution in [3.8, 4) is 0 Å². The van der Waals surface area contributed by atoms with Crippen molar-refractivity contribution in [2.24, 2.45) is 0 Å². The number of rotatable bonds is 6. The Morgan fingerprint density at radius 2 is 1.22 bits per heavy atom. The van der Waals surface area contributed by atoms with Crippen molar-refractivity contribution in [1.82, 2.24) is 0 Å². The highest BCUT2D eigenvalue weighted by atomic mass is 16.4. The summed E-state index contributed by atoms with van der Waals surface area (Å²) in [5.74, 6) is -8.27. The molecule has 10 nitrogen and oxygen atoms in total. The van der Waals surface area contributed by atoms with Gasteiger partial charge in [0.15, 0.2) is 0 Å². The maximum Gasteiger partial charge on any atom is 0.337 e. The highest BCUT2D eigenvalue weighted by molar-refractivity contribution is 6.28. The van der Waals surface area contributed by atoms with Gasteiger partial charge >= 0.3 is 23.9 Å². The number of hydrogen-bond donors (Lipinski definition) is 5. The standard InChI is InChI=1S/C22H15NO9/c1-9-5-2-3-8-12(9)23-18(24)14-10-6-4-7-11(19(25)26)13(10)15(20(27)28)17(22(31)32)16(14)21(29)30/h2-8H,1H3,(H,23,24)(H,25,26)(H,27,28)(H,29,30)(H,31,32). The van der Waals surface area contributed by atoms with Gasteiger partial charge in [0.05, 0.1) is 27.8 Å². The number of fused-ring (bicyclic) bond motifs is 1. The van der Waals surface area contributed by atoms with Crippen molar-refractivity contribution in [2.45, 2.75) is 6.92 Å². The molecule has 0 aliphatic rings. The van der Waals surface area contributed by atoms with Crippen molar-refractivity contribution in [2.75, 3.05) is 5.32 Å². The first kappa shape index (κ1) is 22.0. The third-order valence-corrected chi connectivity index (χ3v) is 4.83. The minimum atomic E-state index is -1.94. The van der Waals surface area contributed by atoms with Gasteiger partial charge in [-0.05, 0) is 30.0 Å². The zero-order valence-electron chi connectivity index (χ0n) is 16.4. The number of aromatic carboxylic acids is 4. The summed E-state index contributed by atoms with van der Waals surface area (Å²) < 4.78 is 0. The number of carboxylic acid groups (broad SMARTS) is 4. The van der Waals surface area contributed by atoms with E-state index in [2.05, 4.69) is 5.32 Å². The smallest absolute Gasteiger partial charge is 0.337 e. The average Bonchev–Trinajstić information content (AvgIpc) is 2.72. The predicted molar refractivity (Wildman–Crippen MR) is 111 cm³/mol. The highest BCUT2D eigenvalue weighted by Gasteiger charge is 2.35. The zero-order chi connectivity index (χ0) is 23.7. The second-order valence-corrected chi connectivity index (χ2v) is 6.72. The molecule has 0 saturated carbocycles. The number of para-hydroxylation sites is 1. The molecule has 0 fully saturated rings. The van der Waals surface area contributed by atoms with Crippen LogP contribution in [0.25, 0.3) is 10.8 Å². The quantitative estimate of drug-likeness (QED) is 0.387. The van der Waals surface area contributed by atoms with E-state index in [1.807, 2.05) is 0 Å². The zero-order valence-corrected chi connectivity index (χ0v) is 16.4. The van der Waals surface area contributed by atoms with Gasteiger partial charge in [0, 0.05) is 11.1 Å². The molecule has 0 aliphatic heterocycles. The van der Waals surface area contributed by atoms with Crippen LogP contribution < -0.4 is 5.32 Å². The van der Waals surface area contributed by atoms with Crippen LogP contribution in [0.1, 0.15) is 57.4 Å². The lowest BCUT2D eigenvalue weighted by molar-refractivity contribution is 0.0633. The van der Waals surface area contributed by atoms with Gasteiger partial charge in [0.1, 0.15) is 0 Å². The molecule has 3 aromatic rings. The molecule has 0 radical (unpaired) electrons. The first-order valence-electron chi connectivity index (χ1n) is 8.99. The van der Waals surface area contributed by atoms with E-state index in [4.69, 9.17) is 0 Å². The molecule has 0 bridgehead atoms. The summed E-state index contributed by atoms with van der Waals surface area (Å²) in [6.45, 7) is 1.67. The fourth-order valence-electron chi connectivity index (χ4n) is 3.49. The van der Waals surface area contributed by atoms with Gasteiger partial charge in [0.2, 0.25) is 0 Å². The van der Waals surface area contributed by atoms with Gasteiger partial charge in [-0.2, -0.15) is 0 Å². The van der Waals surface area contributed by atoms with Gasteiger partial charge in [-0.25, -0.2) is 19.2 Å². The second-order valence-electron chi connectivity index (χ2n) is 6.72. The van der Waals surface area contributed by atoms with Crippen LogP contribution in [0.2, 0.25) is 0 Å². The fraction of sp³-hybridized carbons (Fsp3) is 0.0455. The molecule has 0 unspecified atom stereocenters. The number of aryl methyl sites for hydroxylation is 1. The number of carbonyl (C=O) groups is 5. The van der Waals surface area contributed by atoms with Crippen LogP contribution >= 0.6 is 0 Å². The lowest BCUT2D eigenvalue weighted by Crippen LogP contribution is -2.24. The van der Waals surface area contributed by atoms with Crippen molar-refractivity contribution >= 4 is 46.2 Å². The number of carboxylic acids is 4. The normalized spacial score (nSPS) is 10.5. The number of nitrogens with one attached hydrogen (secondary N) is 1. The Labute approximate surface area is 179 Å². The first-order valence-corrected chi connectivity index (χ1v) is 8.99. The SMILES string of the molecule is Cc1ccccc1NC(=O)c1c(C(=O)O)c(C(=O)O)c(C(=O)O)c2c(C(=O)O)cccc12. The Bertz CT molecular complexity index is 1340. The Morgan fingerprint density at radius 1 is 0.656 bits per heavy atom. The summed E-state index contributed by atoms with van der Waals surface area (Å²) in [4.78, 5) is 60.9. The Kier molecular flexibility index (Phi) is 5.62. The number of amides is 1. The lowest BCUT2D eigenvalue weighted by atomic mass is 9.86. The second kappa shape index (κ2) is 8.19. The van der Waals surface area contributed by atoms with Crippen LogP contribution in [0.4, 0.5) is 5.69 Å². The third kappa shape index (κ3) is 3.60. The molecule has 162 valence electrons. The minimum absolute atomic E-state index is 0.301. The topological polar surface area (TPSA) is 178 Å². The van der Waals surface area contributed by atoms with Crippen molar-refractivity contribution in [3.05, 3.63) is 75.8 Å². The summed E-state index contributed by atoms with van der Waals surface area (Å²) in [5, 5.41) is 40.2. The van der Waals surface area contributed by atoms with Crippen molar-refractivity contribution in [1.29, 1.82) is 0 Å². The van der Waals surface area contributed by atoms with Crippen LogP contribution in [-0.2, 0) is 0 Å². The molecule has 0 heterocycles. The average molecular weight is 437 g/mol. The van der Waals surface area contributed by atoms with E-state index < -0.39 is 63.0 Å². The molecule has 0 spiro atoms. The van der Waals surface area contributed by atoms with E-state index in [1.165, 1.54) is 18.2 Å². The molecule has 0 aliphatic carbocycles. The number of carbonyl (C=O) groups excluding carboxylic acids is 1. The Balaban J connectivity index is 2.53. The molecule has 10 heteroatoms. The molecular weight excluding hydrogens is 422 g/mol. The monoisotopic (exact) mass is 437 g/mol. The van der Waals surface area contributed by atoms with E-state index in [9.17, 15) is 44.4 Å². The molecule has 0 saturated heterocycles. The maximum atomic E-state index is 13.2. The molecule has 0 aromatic heterocycles. The largest absolute Gasteiger partial charge is 0.478 e. The first-order chi connectivity index (χ1) is 15.1. The van der Waals surface area contributed by atoms with Crippen LogP contribution in [0, 0.1) is 6.92 Å². The van der Waals surface area contributed by atoms with E-state index in [1.54, 1.807) is 25.1 Å². The molecule has 0 atom stereocenters. The molecule has 3 aromatic carbocycles. The van der Waals surface area contributed by atoms with Gasteiger partial charge in [-0.3, -0.25) is 4.79 Å². The lowest BCUT2D eigenvalue weighted by Gasteiger charge is -2.18. The summed E-state index contributed by atoms with van der Waals surface area (Å²) in [6.07, 6.45) is 0. The van der Waals surface area contributed by atoms with Crippen LogP contribution in [0.5, 0.6) is 0 Å². The third-order valence-electron chi connectivity index (χ3n) is 4.83. The summed E-state index contributed by atoms with van der Waals surface area (Å²) in [7, 11) is 0. The summed E-state index contributed by atoms with van der Waals surface area (Å²) in [6, 6.07) is 9.91. The Hall–Kier alpha value is -4.73. The fourth-order valence-corrected chi connectivity index (χ4v) is 3.49. The minimum Gasteiger partial charge on any atom is -0.478 e. The molecule has 3 rings (SSSR count). The molecule has 5 N–H and O–H groups in total. The van der Waals surface area contributed by atoms with E-state index in [0.29, 0.717) is 11.3 Å². The Morgan fingerprint density at radius 3 is 1.75 bits per heavy atom. The van der Waals surface area contributed by atoms with Gasteiger partial charge < -0.3 is 25.7 Å². The van der Waals surface area contributed by atoms with Crippen molar-refractivity contribution in [3.63, 3.8) is 0 Å². The van der Waals surface area contributed by atoms with Gasteiger partial charge in [-0.1, -0.05) is 30.3 Å².